The number of ether oxygens (including phenoxy) is 2. The minimum absolute atomic E-state index is 0.115. The highest BCUT2D eigenvalue weighted by Gasteiger charge is 2.31. The third-order valence-corrected chi connectivity index (χ3v) is 4.39. The number of aryl methyl sites for hydroxylation is 1. The van der Waals surface area contributed by atoms with Crippen molar-refractivity contribution in [2.45, 2.75) is 12.1 Å². The van der Waals surface area contributed by atoms with Crippen LogP contribution in [0.5, 0.6) is 5.75 Å². The maximum Gasteiger partial charge on any atom is 0.318 e. The van der Waals surface area contributed by atoms with E-state index in [1.54, 1.807) is 11.2 Å². The molecule has 1 saturated heterocycles. The van der Waals surface area contributed by atoms with Crippen LogP contribution in [0.2, 0.25) is 0 Å². The second-order valence-corrected chi connectivity index (χ2v) is 5.96. The number of nitrogens with one attached hydrogen (secondary N) is 1. The second-order valence-electron chi connectivity index (χ2n) is 5.96. The van der Waals surface area contributed by atoms with Gasteiger partial charge >= 0.3 is 6.03 Å². The van der Waals surface area contributed by atoms with E-state index < -0.39 is 0 Å². The molecule has 2 aromatic rings. The second kappa shape index (κ2) is 6.12. The van der Waals surface area contributed by atoms with Crippen molar-refractivity contribution in [3.8, 4) is 5.75 Å². The molecule has 2 aliphatic heterocycles. The highest BCUT2D eigenvalue weighted by atomic mass is 16.5. The number of amides is 2. The highest BCUT2D eigenvalue weighted by molar-refractivity contribution is 5.75. The van der Waals surface area contributed by atoms with Gasteiger partial charge in [0.15, 0.2) is 5.82 Å². The van der Waals surface area contributed by atoms with Gasteiger partial charge < -0.3 is 24.3 Å². The Balaban J connectivity index is 1.43. The molecule has 2 amide bonds. The molecule has 1 N–H and O–H groups in total. The molecule has 1 aromatic heterocycles. The van der Waals surface area contributed by atoms with Crippen LogP contribution in [0.4, 0.5) is 4.79 Å². The zero-order valence-electron chi connectivity index (χ0n) is 13.4. The largest absolute Gasteiger partial charge is 0.491 e. The Morgan fingerprint density at radius 1 is 1.38 bits per heavy atom. The number of urea groups is 1. The maximum absolute atomic E-state index is 12.6. The number of nitrogens with zero attached hydrogens (tertiary/aromatic N) is 4. The molecule has 3 heterocycles. The lowest BCUT2D eigenvalue weighted by atomic mass is 10.1. The third kappa shape index (κ3) is 2.69. The van der Waals surface area contributed by atoms with Crippen LogP contribution in [0.15, 0.2) is 30.6 Å². The number of hydrogen-bond acceptors (Lipinski definition) is 5. The summed E-state index contributed by atoms with van der Waals surface area (Å²) in [6.07, 6.45) is 1.37. The summed E-state index contributed by atoms with van der Waals surface area (Å²) in [4.78, 5) is 14.4. The summed E-state index contributed by atoms with van der Waals surface area (Å²) in [5.41, 5.74) is 1.02. The molecule has 0 radical (unpaired) electrons. The Hall–Kier alpha value is -2.61. The van der Waals surface area contributed by atoms with Gasteiger partial charge in [0.25, 0.3) is 0 Å². The van der Waals surface area contributed by atoms with Gasteiger partial charge in [0.2, 0.25) is 0 Å². The van der Waals surface area contributed by atoms with Crippen molar-refractivity contribution >= 4 is 6.03 Å². The SMILES string of the molecule is Cn1cnnc1[C@H]1CN(C(=O)N[C@H]2COc3ccccc32)CCO1. The molecular formula is C16H19N5O3. The topological polar surface area (TPSA) is 81.5 Å². The molecule has 126 valence electrons. The standard InChI is InChI=1S/C16H19N5O3/c1-20-10-17-19-15(20)14-8-21(6-7-23-14)16(22)18-12-9-24-13-5-3-2-4-11(12)13/h2-5,10,12,14H,6-9H2,1H3,(H,18,22)/t12-,14+/m0/s1. The molecule has 8 heteroatoms. The number of fused-ring (bicyclic) bond motifs is 1. The fourth-order valence-electron chi connectivity index (χ4n) is 3.10. The van der Waals surface area contributed by atoms with Crippen molar-refractivity contribution in [3.63, 3.8) is 0 Å². The first-order chi connectivity index (χ1) is 11.7. The van der Waals surface area contributed by atoms with Crippen LogP contribution in [0.1, 0.15) is 23.5 Å². The molecule has 4 rings (SSSR count). The minimum Gasteiger partial charge on any atom is -0.491 e. The lowest BCUT2D eigenvalue weighted by Crippen LogP contribution is -2.48. The summed E-state index contributed by atoms with van der Waals surface area (Å²) in [5.74, 6) is 1.56. The van der Waals surface area contributed by atoms with Crippen LogP contribution in [-0.4, -0.2) is 52.0 Å². The molecule has 2 aliphatic rings. The Morgan fingerprint density at radius 2 is 2.25 bits per heavy atom. The van der Waals surface area contributed by atoms with E-state index in [4.69, 9.17) is 9.47 Å². The predicted molar refractivity (Wildman–Crippen MR) is 84.5 cm³/mol. The van der Waals surface area contributed by atoms with Crippen molar-refractivity contribution in [1.82, 2.24) is 25.0 Å². The Morgan fingerprint density at radius 3 is 3.08 bits per heavy atom. The summed E-state index contributed by atoms with van der Waals surface area (Å²) in [6, 6.07) is 7.54. The lowest BCUT2D eigenvalue weighted by Gasteiger charge is -2.33. The summed E-state index contributed by atoms with van der Waals surface area (Å²) >= 11 is 0. The molecular weight excluding hydrogens is 310 g/mol. The van der Waals surface area contributed by atoms with E-state index in [1.165, 1.54) is 0 Å². The average Bonchev–Trinajstić information content (AvgIpc) is 3.22. The summed E-state index contributed by atoms with van der Waals surface area (Å²) in [7, 11) is 1.87. The fourth-order valence-corrected chi connectivity index (χ4v) is 3.10. The van der Waals surface area contributed by atoms with Gasteiger partial charge in [0.05, 0.1) is 19.2 Å². The van der Waals surface area contributed by atoms with Gasteiger partial charge in [0, 0.05) is 19.2 Å². The number of benzene rings is 1. The zero-order chi connectivity index (χ0) is 16.5. The fraction of sp³-hybridized carbons (Fsp3) is 0.438. The quantitative estimate of drug-likeness (QED) is 0.890. The maximum atomic E-state index is 12.6. The van der Waals surface area contributed by atoms with Crippen LogP contribution in [-0.2, 0) is 11.8 Å². The number of carbonyl (C=O) groups excluding carboxylic acids is 1. The predicted octanol–water partition coefficient (Wildman–Crippen LogP) is 1.03. The van der Waals surface area contributed by atoms with Gasteiger partial charge in [-0.05, 0) is 6.07 Å². The Kier molecular flexibility index (Phi) is 3.81. The number of carbonyl (C=O) groups is 1. The number of aromatic nitrogens is 3. The first-order valence-electron chi connectivity index (χ1n) is 7.95. The highest BCUT2D eigenvalue weighted by Crippen LogP contribution is 2.32. The Bertz CT molecular complexity index is 747. The molecule has 8 nitrogen and oxygen atoms in total. The Labute approximate surface area is 139 Å². The van der Waals surface area contributed by atoms with Crippen molar-refractivity contribution in [3.05, 3.63) is 42.0 Å². The van der Waals surface area contributed by atoms with E-state index in [1.807, 2.05) is 35.9 Å². The molecule has 0 unspecified atom stereocenters. The lowest BCUT2D eigenvalue weighted by molar-refractivity contribution is -0.0218. The molecule has 2 atom stereocenters. The molecule has 1 aromatic carbocycles. The molecule has 0 aliphatic carbocycles. The van der Waals surface area contributed by atoms with Crippen molar-refractivity contribution in [2.75, 3.05) is 26.3 Å². The summed E-state index contributed by atoms with van der Waals surface area (Å²) < 4.78 is 13.2. The van der Waals surface area contributed by atoms with Gasteiger partial charge in [-0.3, -0.25) is 0 Å². The molecule has 0 bridgehead atoms. The van der Waals surface area contributed by atoms with E-state index in [0.717, 1.165) is 17.1 Å². The van der Waals surface area contributed by atoms with Crippen LogP contribution in [0, 0.1) is 0 Å². The van der Waals surface area contributed by atoms with Crippen LogP contribution in [0.25, 0.3) is 0 Å². The average molecular weight is 329 g/mol. The monoisotopic (exact) mass is 329 g/mol. The first-order valence-corrected chi connectivity index (χ1v) is 7.95. The number of hydrogen-bond donors (Lipinski definition) is 1. The van der Waals surface area contributed by atoms with E-state index >= 15 is 0 Å². The molecule has 1 fully saturated rings. The third-order valence-electron chi connectivity index (χ3n) is 4.39. The van der Waals surface area contributed by atoms with Gasteiger partial charge in [0.1, 0.15) is 24.8 Å². The van der Waals surface area contributed by atoms with Crippen LogP contribution >= 0.6 is 0 Å². The van der Waals surface area contributed by atoms with Crippen molar-refractivity contribution in [2.24, 2.45) is 7.05 Å². The number of para-hydroxylation sites is 1. The van der Waals surface area contributed by atoms with Gasteiger partial charge in [-0.1, -0.05) is 18.2 Å². The number of morpholine rings is 1. The van der Waals surface area contributed by atoms with E-state index in [9.17, 15) is 4.79 Å². The molecule has 24 heavy (non-hydrogen) atoms. The molecule has 0 saturated carbocycles. The zero-order valence-corrected chi connectivity index (χ0v) is 13.4. The van der Waals surface area contributed by atoms with E-state index in [0.29, 0.717) is 26.3 Å². The van der Waals surface area contributed by atoms with Crippen LogP contribution in [0.3, 0.4) is 0 Å². The van der Waals surface area contributed by atoms with Crippen LogP contribution < -0.4 is 10.1 Å². The van der Waals surface area contributed by atoms with Gasteiger partial charge in [-0.15, -0.1) is 10.2 Å². The first kappa shape index (κ1) is 14.9. The smallest absolute Gasteiger partial charge is 0.318 e. The normalized spacial score (nSPS) is 22.8. The summed E-state index contributed by atoms with van der Waals surface area (Å²) in [6.45, 7) is 1.94. The van der Waals surface area contributed by atoms with Gasteiger partial charge in [-0.2, -0.15) is 0 Å². The molecule has 0 spiro atoms. The van der Waals surface area contributed by atoms with Crippen molar-refractivity contribution < 1.29 is 14.3 Å². The van der Waals surface area contributed by atoms with E-state index in [-0.39, 0.29) is 18.2 Å². The van der Waals surface area contributed by atoms with Gasteiger partial charge in [-0.25, -0.2) is 4.79 Å². The summed E-state index contributed by atoms with van der Waals surface area (Å²) in [5, 5.41) is 11.0. The van der Waals surface area contributed by atoms with E-state index in [2.05, 4.69) is 15.5 Å². The minimum atomic E-state index is -0.260. The number of rotatable bonds is 2. The van der Waals surface area contributed by atoms with Crippen molar-refractivity contribution in [1.29, 1.82) is 0 Å².